The van der Waals surface area contributed by atoms with Crippen LogP contribution in [0.1, 0.15) is 35.7 Å². The molecular formula is C25H27FN4O. The van der Waals surface area contributed by atoms with Gasteiger partial charge in [0.1, 0.15) is 5.82 Å². The zero-order valence-electron chi connectivity index (χ0n) is 17.6. The fraction of sp³-hybridized carbons (Fsp3) is 0.280. The number of hydrogen-bond donors (Lipinski definition) is 2. The molecule has 0 radical (unpaired) electrons. The molecule has 5 nitrogen and oxygen atoms in total. The maximum atomic E-state index is 14.3. The predicted molar refractivity (Wildman–Crippen MR) is 121 cm³/mol. The molecule has 1 fully saturated rings. The number of anilines is 1. The Hall–Kier alpha value is -3.41. The molecule has 0 spiro atoms. The minimum atomic E-state index is -0.351. The summed E-state index contributed by atoms with van der Waals surface area (Å²) in [5, 5.41) is 6.15. The fourth-order valence-corrected chi connectivity index (χ4v) is 4.06. The van der Waals surface area contributed by atoms with E-state index in [-0.39, 0.29) is 23.9 Å². The smallest absolute Gasteiger partial charge is 0.315 e. The van der Waals surface area contributed by atoms with Gasteiger partial charge in [-0.2, -0.15) is 0 Å². The van der Waals surface area contributed by atoms with Crippen LogP contribution < -0.4 is 15.5 Å². The standard InChI is InChI=1S/C25H27FN4O/c1-18-12-13-21(26)23(16-18)30-15-7-10-20(17-30)28-25(31)29-24(19-8-3-2-4-9-19)22-11-5-6-14-27-22/h2-6,8-9,11-14,16,20,24H,7,10,15,17H2,1H3,(H2,28,29,31). The average molecular weight is 419 g/mol. The van der Waals surface area contributed by atoms with Gasteiger partial charge in [-0.1, -0.05) is 42.5 Å². The minimum absolute atomic E-state index is 0.0613. The molecule has 2 heterocycles. The highest BCUT2D eigenvalue weighted by atomic mass is 19.1. The van der Waals surface area contributed by atoms with Crippen molar-refractivity contribution in [3.8, 4) is 0 Å². The van der Waals surface area contributed by atoms with E-state index in [1.807, 2.05) is 66.4 Å². The Morgan fingerprint density at radius 2 is 1.94 bits per heavy atom. The van der Waals surface area contributed by atoms with E-state index in [0.717, 1.165) is 36.2 Å². The maximum absolute atomic E-state index is 14.3. The molecule has 2 aromatic carbocycles. The quantitative estimate of drug-likeness (QED) is 0.637. The summed E-state index contributed by atoms with van der Waals surface area (Å²) in [5.41, 5.74) is 3.35. The van der Waals surface area contributed by atoms with E-state index < -0.39 is 0 Å². The van der Waals surface area contributed by atoms with E-state index in [1.165, 1.54) is 6.07 Å². The monoisotopic (exact) mass is 418 g/mol. The number of benzene rings is 2. The van der Waals surface area contributed by atoms with Crippen molar-refractivity contribution in [1.29, 1.82) is 0 Å². The molecule has 3 aromatic rings. The topological polar surface area (TPSA) is 57.3 Å². The number of urea groups is 1. The van der Waals surface area contributed by atoms with Crippen molar-refractivity contribution in [2.45, 2.75) is 31.8 Å². The van der Waals surface area contributed by atoms with Gasteiger partial charge in [0.15, 0.2) is 0 Å². The molecule has 0 aliphatic carbocycles. The SMILES string of the molecule is Cc1ccc(F)c(N2CCCC(NC(=O)NC(c3ccccc3)c3ccccn3)C2)c1. The molecule has 1 saturated heterocycles. The molecule has 6 heteroatoms. The first kappa shape index (κ1) is 20.8. The second kappa shape index (κ2) is 9.60. The van der Waals surface area contributed by atoms with Crippen molar-refractivity contribution in [3.05, 3.63) is 95.6 Å². The molecule has 4 rings (SSSR count). The molecule has 2 amide bonds. The van der Waals surface area contributed by atoms with E-state index in [0.29, 0.717) is 12.2 Å². The van der Waals surface area contributed by atoms with E-state index in [4.69, 9.17) is 0 Å². The minimum Gasteiger partial charge on any atom is -0.367 e. The number of carbonyl (C=O) groups excluding carboxylic acids is 1. The number of aryl methyl sites for hydroxylation is 1. The van der Waals surface area contributed by atoms with E-state index in [9.17, 15) is 9.18 Å². The van der Waals surface area contributed by atoms with Crippen LogP contribution in [0.5, 0.6) is 0 Å². The third-order valence-electron chi connectivity index (χ3n) is 5.59. The van der Waals surface area contributed by atoms with Crippen molar-refractivity contribution in [1.82, 2.24) is 15.6 Å². The van der Waals surface area contributed by atoms with Crippen LogP contribution >= 0.6 is 0 Å². The van der Waals surface area contributed by atoms with Crippen LogP contribution in [-0.2, 0) is 0 Å². The van der Waals surface area contributed by atoms with Crippen molar-refractivity contribution in [3.63, 3.8) is 0 Å². The van der Waals surface area contributed by atoms with E-state index in [1.54, 1.807) is 12.3 Å². The van der Waals surface area contributed by atoms with Gasteiger partial charge in [0.2, 0.25) is 0 Å². The lowest BCUT2D eigenvalue weighted by atomic mass is 10.0. The number of piperidine rings is 1. The first-order valence-corrected chi connectivity index (χ1v) is 10.6. The second-order valence-corrected chi connectivity index (χ2v) is 7.96. The van der Waals surface area contributed by atoms with Gasteiger partial charge in [0.05, 0.1) is 17.4 Å². The van der Waals surface area contributed by atoms with Crippen LogP contribution in [-0.4, -0.2) is 30.1 Å². The van der Waals surface area contributed by atoms with E-state index >= 15 is 0 Å². The molecule has 31 heavy (non-hydrogen) atoms. The summed E-state index contributed by atoms with van der Waals surface area (Å²) in [6.07, 6.45) is 3.47. The van der Waals surface area contributed by atoms with Crippen LogP contribution in [0.3, 0.4) is 0 Å². The second-order valence-electron chi connectivity index (χ2n) is 7.96. The first-order chi connectivity index (χ1) is 15.1. The fourth-order valence-electron chi connectivity index (χ4n) is 4.06. The summed E-state index contributed by atoms with van der Waals surface area (Å²) in [6, 6.07) is 19.9. The van der Waals surface area contributed by atoms with Gasteiger partial charge >= 0.3 is 6.03 Å². The number of carbonyl (C=O) groups is 1. The maximum Gasteiger partial charge on any atom is 0.315 e. The van der Waals surface area contributed by atoms with Gasteiger partial charge in [-0.3, -0.25) is 4.98 Å². The largest absolute Gasteiger partial charge is 0.367 e. The molecular weight excluding hydrogens is 391 g/mol. The Labute approximate surface area is 182 Å². The lowest BCUT2D eigenvalue weighted by molar-refractivity contribution is 0.232. The number of hydrogen-bond acceptors (Lipinski definition) is 3. The summed E-state index contributed by atoms with van der Waals surface area (Å²) in [6.45, 7) is 3.31. The van der Waals surface area contributed by atoms with Crippen LogP contribution in [0, 0.1) is 12.7 Å². The Kier molecular flexibility index (Phi) is 6.46. The zero-order valence-corrected chi connectivity index (χ0v) is 17.6. The highest BCUT2D eigenvalue weighted by molar-refractivity contribution is 5.75. The van der Waals surface area contributed by atoms with Gasteiger partial charge < -0.3 is 15.5 Å². The molecule has 1 aliphatic rings. The molecule has 2 unspecified atom stereocenters. The lowest BCUT2D eigenvalue weighted by Gasteiger charge is -2.35. The van der Waals surface area contributed by atoms with Gasteiger partial charge in [0.25, 0.3) is 0 Å². The van der Waals surface area contributed by atoms with Crippen molar-refractivity contribution >= 4 is 11.7 Å². The van der Waals surface area contributed by atoms with E-state index in [2.05, 4.69) is 15.6 Å². The third kappa shape index (κ3) is 5.20. The summed E-state index contributed by atoms with van der Waals surface area (Å²) in [5.74, 6) is -0.227. The number of pyridine rings is 1. The lowest BCUT2D eigenvalue weighted by Crippen LogP contribution is -2.51. The van der Waals surface area contributed by atoms with Crippen LogP contribution in [0.15, 0.2) is 72.9 Å². The highest BCUT2D eigenvalue weighted by Gasteiger charge is 2.25. The van der Waals surface area contributed by atoms with Crippen LogP contribution in [0.25, 0.3) is 0 Å². The number of rotatable bonds is 5. The molecule has 0 saturated carbocycles. The molecule has 0 bridgehead atoms. The van der Waals surface area contributed by atoms with Gasteiger partial charge in [-0.05, 0) is 55.2 Å². The third-order valence-corrected chi connectivity index (χ3v) is 5.59. The summed E-state index contributed by atoms with van der Waals surface area (Å²) in [4.78, 5) is 19.3. The van der Waals surface area contributed by atoms with Gasteiger partial charge in [-0.15, -0.1) is 0 Å². The molecule has 2 atom stereocenters. The Morgan fingerprint density at radius 3 is 2.71 bits per heavy atom. The van der Waals surface area contributed by atoms with Crippen molar-refractivity contribution < 1.29 is 9.18 Å². The van der Waals surface area contributed by atoms with Crippen molar-refractivity contribution in [2.75, 3.05) is 18.0 Å². The summed E-state index contributed by atoms with van der Waals surface area (Å²) < 4.78 is 14.3. The molecule has 1 aliphatic heterocycles. The zero-order chi connectivity index (χ0) is 21.6. The average Bonchev–Trinajstić information content (AvgIpc) is 2.80. The normalized spacial score (nSPS) is 17.1. The van der Waals surface area contributed by atoms with Crippen LogP contribution in [0.4, 0.5) is 14.9 Å². The number of nitrogens with one attached hydrogen (secondary N) is 2. The first-order valence-electron chi connectivity index (χ1n) is 10.6. The molecule has 1 aromatic heterocycles. The molecule has 160 valence electrons. The Bertz CT molecular complexity index is 973. The van der Waals surface area contributed by atoms with Crippen molar-refractivity contribution in [2.24, 2.45) is 0 Å². The Balaban J connectivity index is 1.45. The molecule has 2 N–H and O–H groups in total. The number of nitrogens with zero attached hydrogens (tertiary/aromatic N) is 2. The van der Waals surface area contributed by atoms with Gasteiger partial charge in [-0.25, -0.2) is 9.18 Å². The Morgan fingerprint density at radius 1 is 1.13 bits per heavy atom. The predicted octanol–water partition coefficient (Wildman–Crippen LogP) is 4.59. The number of amides is 2. The number of halogens is 1. The van der Waals surface area contributed by atoms with Gasteiger partial charge in [0, 0.05) is 25.3 Å². The highest BCUT2D eigenvalue weighted by Crippen LogP contribution is 2.25. The summed E-state index contributed by atoms with van der Waals surface area (Å²) in [7, 11) is 0. The summed E-state index contributed by atoms with van der Waals surface area (Å²) >= 11 is 0. The number of aromatic nitrogens is 1. The van der Waals surface area contributed by atoms with Crippen LogP contribution in [0.2, 0.25) is 0 Å².